The highest BCUT2D eigenvalue weighted by Crippen LogP contribution is 2.15. The summed E-state index contributed by atoms with van der Waals surface area (Å²) in [6.45, 7) is 1.89. The second-order valence-corrected chi connectivity index (χ2v) is 2.52. The van der Waals surface area contributed by atoms with E-state index in [2.05, 4.69) is 5.32 Å². The molecule has 0 spiro atoms. The minimum atomic E-state index is -1.04. The molecule has 1 unspecified atom stereocenters. The molecule has 1 heterocycles. The molecule has 0 aliphatic rings. The van der Waals surface area contributed by atoms with Gasteiger partial charge in [0.1, 0.15) is 5.76 Å². The summed E-state index contributed by atoms with van der Waals surface area (Å²) in [6, 6.07) is 3.15. The number of rotatable bonds is 3. The number of furan rings is 1. The quantitative estimate of drug-likeness (QED) is 0.715. The van der Waals surface area contributed by atoms with Gasteiger partial charge in [-0.3, -0.25) is 0 Å². The molecule has 0 saturated heterocycles. The minimum Gasteiger partial charge on any atom is -0.475 e. The lowest BCUT2D eigenvalue weighted by Crippen LogP contribution is -2.11. The van der Waals surface area contributed by atoms with E-state index in [0.717, 1.165) is 0 Å². The van der Waals surface area contributed by atoms with E-state index in [4.69, 9.17) is 9.52 Å². The lowest BCUT2D eigenvalue weighted by atomic mass is 10.3. The van der Waals surface area contributed by atoms with Crippen molar-refractivity contribution in [1.82, 2.24) is 5.32 Å². The maximum Gasteiger partial charge on any atom is 0.371 e. The Hall–Kier alpha value is -1.29. The summed E-state index contributed by atoms with van der Waals surface area (Å²) in [7, 11) is 1.79. The number of hydrogen-bond acceptors (Lipinski definition) is 3. The smallest absolute Gasteiger partial charge is 0.371 e. The number of aromatic carboxylic acids is 1. The van der Waals surface area contributed by atoms with E-state index < -0.39 is 5.97 Å². The SMILES string of the molecule is CNC(C)c1ccc(C(=O)O)o1. The monoisotopic (exact) mass is 169 g/mol. The van der Waals surface area contributed by atoms with Crippen molar-refractivity contribution < 1.29 is 14.3 Å². The molecule has 0 aliphatic carbocycles. The first kappa shape index (κ1) is 8.80. The van der Waals surface area contributed by atoms with Crippen molar-refractivity contribution in [2.75, 3.05) is 7.05 Å². The Morgan fingerprint density at radius 2 is 2.33 bits per heavy atom. The van der Waals surface area contributed by atoms with Crippen LogP contribution in [-0.4, -0.2) is 18.1 Å². The van der Waals surface area contributed by atoms with Crippen molar-refractivity contribution in [2.45, 2.75) is 13.0 Å². The molecule has 1 atom stereocenters. The van der Waals surface area contributed by atoms with E-state index in [1.165, 1.54) is 6.07 Å². The molecule has 0 radical (unpaired) electrons. The van der Waals surface area contributed by atoms with Crippen molar-refractivity contribution in [2.24, 2.45) is 0 Å². The molecule has 1 aromatic rings. The topological polar surface area (TPSA) is 62.5 Å². The number of carboxylic acid groups (broad SMARTS) is 1. The van der Waals surface area contributed by atoms with Crippen LogP contribution < -0.4 is 5.32 Å². The van der Waals surface area contributed by atoms with Crippen LogP contribution in [0.15, 0.2) is 16.5 Å². The normalized spacial score (nSPS) is 12.8. The Kier molecular flexibility index (Phi) is 2.50. The zero-order chi connectivity index (χ0) is 9.14. The standard InChI is InChI=1S/C8H11NO3/c1-5(9-2)6-3-4-7(12-6)8(10)11/h3-5,9H,1-2H3,(H,10,11). The van der Waals surface area contributed by atoms with Crippen LogP contribution in [0.5, 0.6) is 0 Å². The molecule has 2 N–H and O–H groups in total. The van der Waals surface area contributed by atoms with Crippen LogP contribution >= 0.6 is 0 Å². The van der Waals surface area contributed by atoms with Gasteiger partial charge in [0, 0.05) is 0 Å². The number of carbonyl (C=O) groups is 1. The molecule has 1 aromatic heterocycles. The lowest BCUT2D eigenvalue weighted by molar-refractivity contribution is 0.0659. The maximum atomic E-state index is 10.4. The van der Waals surface area contributed by atoms with E-state index >= 15 is 0 Å². The second kappa shape index (κ2) is 3.40. The van der Waals surface area contributed by atoms with Crippen LogP contribution in [0.25, 0.3) is 0 Å². The van der Waals surface area contributed by atoms with Crippen LogP contribution in [0.4, 0.5) is 0 Å². The fraction of sp³-hybridized carbons (Fsp3) is 0.375. The Balaban J connectivity index is 2.84. The van der Waals surface area contributed by atoms with Crippen LogP contribution in [0.1, 0.15) is 29.3 Å². The van der Waals surface area contributed by atoms with Gasteiger partial charge in [0.25, 0.3) is 0 Å². The van der Waals surface area contributed by atoms with Crippen LogP contribution in [0, 0.1) is 0 Å². The predicted molar refractivity (Wildman–Crippen MR) is 43.1 cm³/mol. The molecule has 1 rings (SSSR count). The van der Waals surface area contributed by atoms with Gasteiger partial charge >= 0.3 is 5.97 Å². The zero-order valence-electron chi connectivity index (χ0n) is 7.00. The first-order chi connectivity index (χ1) is 5.65. The van der Waals surface area contributed by atoms with E-state index in [9.17, 15) is 4.79 Å². The van der Waals surface area contributed by atoms with E-state index in [-0.39, 0.29) is 11.8 Å². The van der Waals surface area contributed by atoms with Gasteiger partial charge in [0.2, 0.25) is 5.76 Å². The van der Waals surface area contributed by atoms with Gasteiger partial charge in [-0.05, 0) is 26.1 Å². The van der Waals surface area contributed by atoms with Gasteiger partial charge in [-0.15, -0.1) is 0 Å². The van der Waals surface area contributed by atoms with Crippen molar-refractivity contribution >= 4 is 5.97 Å². The summed E-state index contributed by atoms with van der Waals surface area (Å²) >= 11 is 0. The van der Waals surface area contributed by atoms with Gasteiger partial charge < -0.3 is 14.8 Å². The molecule has 4 heteroatoms. The lowest BCUT2D eigenvalue weighted by Gasteiger charge is -2.04. The fourth-order valence-corrected chi connectivity index (χ4v) is 0.843. The predicted octanol–water partition coefficient (Wildman–Crippen LogP) is 1.26. The molecule has 66 valence electrons. The second-order valence-electron chi connectivity index (χ2n) is 2.52. The maximum absolute atomic E-state index is 10.4. The summed E-state index contributed by atoms with van der Waals surface area (Å²) in [5.74, 6) is -0.424. The molecular weight excluding hydrogens is 158 g/mol. The number of nitrogens with one attached hydrogen (secondary N) is 1. The summed E-state index contributed by atoms with van der Waals surface area (Å²) < 4.78 is 5.04. The third-order valence-corrected chi connectivity index (χ3v) is 1.70. The van der Waals surface area contributed by atoms with Gasteiger partial charge in [0.05, 0.1) is 6.04 Å². The molecule has 0 aliphatic heterocycles. The highest BCUT2D eigenvalue weighted by molar-refractivity contribution is 5.84. The Bertz CT molecular complexity index is 280. The molecule has 0 fully saturated rings. The first-order valence-corrected chi connectivity index (χ1v) is 3.65. The van der Waals surface area contributed by atoms with Crippen molar-refractivity contribution in [3.05, 3.63) is 23.7 Å². The highest BCUT2D eigenvalue weighted by atomic mass is 16.4. The minimum absolute atomic E-state index is 0.0212. The molecule has 4 nitrogen and oxygen atoms in total. The van der Waals surface area contributed by atoms with Crippen molar-refractivity contribution in [1.29, 1.82) is 0 Å². The molecule has 0 amide bonds. The number of carboxylic acids is 1. The third kappa shape index (κ3) is 1.65. The molecule has 0 saturated carbocycles. The van der Waals surface area contributed by atoms with Crippen LogP contribution in [-0.2, 0) is 0 Å². The van der Waals surface area contributed by atoms with Gasteiger partial charge in [-0.2, -0.15) is 0 Å². The summed E-state index contributed by atoms with van der Waals surface area (Å²) in [6.07, 6.45) is 0. The summed E-state index contributed by atoms with van der Waals surface area (Å²) in [5.41, 5.74) is 0. The summed E-state index contributed by atoms with van der Waals surface area (Å²) in [4.78, 5) is 10.4. The van der Waals surface area contributed by atoms with Crippen molar-refractivity contribution in [3.63, 3.8) is 0 Å². The summed E-state index contributed by atoms with van der Waals surface area (Å²) in [5, 5.41) is 11.5. The van der Waals surface area contributed by atoms with Crippen LogP contribution in [0.3, 0.4) is 0 Å². The largest absolute Gasteiger partial charge is 0.475 e. The molecule has 0 aromatic carbocycles. The Morgan fingerprint density at radius 1 is 1.67 bits per heavy atom. The third-order valence-electron chi connectivity index (χ3n) is 1.70. The average Bonchev–Trinajstić information content (AvgIpc) is 2.51. The van der Waals surface area contributed by atoms with Gasteiger partial charge in [-0.25, -0.2) is 4.79 Å². The Labute approximate surface area is 70.2 Å². The van der Waals surface area contributed by atoms with E-state index in [0.29, 0.717) is 5.76 Å². The number of hydrogen-bond donors (Lipinski definition) is 2. The molecular formula is C8H11NO3. The highest BCUT2D eigenvalue weighted by Gasteiger charge is 2.11. The molecule has 12 heavy (non-hydrogen) atoms. The first-order valence-electron chi connectivity index (χ1n) is 3.65. The van der Waals surface area contributed by atoms with E-state index in [1.54, 1.807) is 13.1 Å². The van der Waals surface area contributed by atoms with Crippen molar-refractivity contribution in [3.8, 4) is 0 Å². The van der Waals surface area contributed by atoms with E-state index in [1.807, 2.05) is 6.92 Å². The van der Waals surface area contributed by atoms with Gasteiger partial charge in [0.15, 0.2) is 0 Å². The fourth-order valence-electron chi connectivity index (χ4n) is 0.843. The average molecular weight is 169 g/mol. The zero-order valence-corrected chi connectivity index (χ0v) is 7.00. The Morgan fingerprint density at radius 3 is 2.75 bits per heavy atom. The van der Waals surface area contributed by atoms with Crippen LogP contribution in [0.2, 0.25) is 0 Å². The molecule has 0 bridgehead atoms. The van der Waals surface area contributed by atoms with Gasteiger partial charge in [-0.1, -0.05) is 0 Å².